The predicted molar refractivity (Wildman–Crippen MR) is 128 cm³/mol. The van der Waals surface area contributed by atoms with Gasteiger partial charge < -0.3 is 25.0 Å². The number of urea groups is 1. The van der Waals surface area contributed by atoms with Crippen LogP contribution in [-0.4, -0.2) is 70.4 Å². The second kappa shape index (κ2) is 10.8. The Bertz CT molecular complexity index is 1340. The summed E-state index contributed by atoms with van der Waals surface area (Å²) in [5, 5.41) is 13.1. The van der Waals surface area contributed by atoms with Gasteiger partial charge in [-0.05, 0) is 25.5 Å². The first kappa shape index (κ1) is 27.0. The van der Waals surface area contributed by atoms with Crippen LogP contribution in [0.25, 0.3) is 5.65 Å². The van der Waals surface area contributed by atoms with Crippen LogP contribution in [0.3, 0.4) is 0 Å². The molecule has 3 N–H and O–H groups in total. The Labute approximate surface area is 213 Å². The van der Waals surface area contributed by atoms with Crippen molar-refractivity contribution in [2.45, 2.75) is 25.9 Å². The number of fused-ring (bicyclic) bond motifs is 2. The number of pyridine rings is 2. The average Bonchev–Trinajstić information content (AvgIpc) is 3.46. The number of alkyl halides is 5. The lowest BCUT2D eigenvalue weighted by molar-refractivity contribution is -0.192. The fourth-order valence-corrected chi connectivity index (χ4v) is 4.32. The van der Waals surface area contributed by atoms with Crippen LogP contribution in [0, 0.1) is 6.92 Å². The van der Waals surface area contributed by atoms with E-state index in [2.05, 4.69) is 25.5 Å². The first-order valence-electron chi connectivity index (χ1n) is 11.5. The molecule has 0 unspecified atom stereocenters. The number of imidazole rings is 1. The number of piperazine rings is 1. The Morgan fingerprint density at radius 2 is 1.84 bits per heavy atom. The van der Waals surface area contributed by atoms with Gasteiger partial charge in [0.1, 0.15) is 11.5 Å². The second-order valence-electron chi connectivity index (χ2n) is 8.59. The number of hydrogen-bond acceptors (Lipinski definition) is 6. The van der Waals surface area contributed by atoms with Gasteiger partial charge in [-0.25, -0.2) is 28.3 Å². The van der Waals surface area contributed by atoms with Gasteiger partial charge in [0.2, 0.25) is 0 Å². The van der Waals surface area contributed by atoms with E-state index >= 15 is 0 Å². The van der Waals surface area contributed by atoms with Crippen LogP contribution in [0.1, 0.15) is 23.2 Å². The van der Waals surface area contributed by atoms with Crippen LogP contribution in [0.4, 0.5) is 43.9 Å². The summed E-state index contributed by atoms with van der Waals surface area (Å²) in [5.41, 5.74) is 3.05. The molecule has 5 rings (SSSR count). The van der Waals surface area contributed by atoms with Crippen LogP contribution < -0.4 is 20.4 Å². The highest BCUT2D eigenvalue weighted by Gasteiger charge is 2.38. The molecule has 2 aliphatic heterocycles. The van der Waals surface area contributed by atoms with Crippen molar-refractivity contribution in [3.8, 4) is 0 Å². The highest BCUT2D eigenvalue weighted by atomic mass is 19.4. The summed E-state index contributed by atoms with van der Waals surface area (Å²) in [6.07, 6.45) is -2.23. The van der Waals surface area contributed by atoms with Gasteiger partial charge in [0.25, 0.3) is 6.43 Å². The molecule has 1 fully saturated rings. The summed E-state index contributed by atoms with van der Waals surface area (Å²) in [7, 11) is 0. The summed E-state index contributed by atoms with van der Waals surface area (Å²) in [6, 6.07) is 2.82. The normalized spacial score (nSPS) is 15.3. The quantitative estimate of drug-likeness (QED) is 0.434. The van der Waals surface area contributed by atoms with Gasteiger partial charge in [-0.3, -0.25) is 4.90 Å². The van der Waals surface area contributed by atoms with Crippen LogP contribution in [0.5, 0.6) is 0 Å². The van der Waals surface area contributed by atoms with Crippen molar-refractivity contribution in [3.63, 3.8) is 0 Å². The van der Waals surface area contributed by atoms with Crippen molar-refractivity contribution < 1.29 is 36.6 Å². The Kier molecular flexibility index (Phi) is 7.66. The Hall–Kier alpha value is -4.01. The van der Waals surface area contributed by atoms with Gasteiger partial charge in [-0.15, -0.1) is 0 Å². The van der Waals surface area contributed by atoms with Gasteiger partial charge in [-0.1, -0.05) is 0 Å². The number of carbonyl (C=O) groups is 2. The highest BCUT2D eigenvalue weighted by Crippen LogP contribution is 2.35. The van der Waals surface area contributed by atoms with Gasteiger partial charge >= 0.3 is 18.2 Å². The number of carboxylic acids is 1. The molecule has 0 spiro atoms. The standard InChI is InChI=1S/C21H23F2N7O.C2HF3O2/c1-13-11-29-12-16(15(19(22)23)10-18(29)26-13)27-21(31)30-7-3-14-17(2-4-25-20(14)30)28-8-5-24-6-9-28;3-2(4,5)1(6)7/h2,4,10-12,19,24H,3,5-9H2,1H3,(H,27,31);(H,6,7). The molecule has 0 atom stereocenters. The zero-order valence-corrected chi connectivity index (χ0v) is 20.1. The van der Waals surface area contributed by atoms with Crippen LogP contribution >= 0.6 is 0 Å². The molecular formula is C23H24F5N7O3. The number of aliphatic carboxylic acids is 1. The maximum Gasteiger partial charge on any atom is 0.490 e. The minimum atomic E-state index is -5.08. The molecule has 3 aromatic heterocycles. The average molecular weight is 541 g/mol. The highest BCUT2D eigenvalue weighted by molar-refractivity contribution is 6.03. The molecule has 5 heterocycles. The number of rotatable bonds is 3. The van der Waals surface area contributed by atoms with E-state index in [1.54, 1.807) is 23.7 Å². The largest absolute Gasteiger partial charge is 0.490 e. The van der Waals surface area contributed by atoms with Gasteiger partial charge in [0, 0.05) is 68.1 Å². The van der Waals surface area contributed by atoms with E-state index in [0.717, 1.165) is 37.4 Å². The van der Waals surface area contributed by atoms with E-state index < -0.39 is 24.6 Å². The topological polar surface area (TPSA) is 115 Å². The summed E-state index contributed by atoms with van der Waals surface area (Å²) < 4.78 is 60.7. The molecule has 2 aliphatic rings. The Balaban J connectivity index is 0.000000426. The lowest BCUT2D eigenvalue weighted by Crippen LogP contribution is -2.43. The number of nitrogens with zero attached hydrogens (tertiary/aromatic N) is 5. The number of aryl methyl sites for hydroxylation is 1. The van der Waals surface area contributed by atoms with Gasteiger partial charge in [0.05, 0.1) is 11.4 Å². The van der Waals surface area contributed by atoms with E-state index in [4.69, 9.17) is 9.90 Å². The molecule has 3 aromatic rings. The number of halogens is 5. The second-order valence-corrected chi connectivity index (χ2v) is 8.59. The van der Waals surface area contributed by atoms with Crippen molar-refractivity contribution >= 4 is 34.8 Å². The molecule has 0 bridgehead atoms. The predicted octanol–water partition coefficient (Wildman–Crippen LogP) is 3.61. The van der Waals surface area contributed by atoms with Gasteiger partial charge in [0.15, 0.2) is 0 Å². The van der Waals surface area contributed by atoms with Crippen molar-refractivity contribution in [2.24, 2.45) is 0 Å². The molecule has 0 radical (unpaired) electrons. The lowest BCUT2D eigenvalue weighted by atomic mass is 10.1. The molecule has 204 valence electrons. The first-order chi connectivity index (χ1) is 18.0. The molecule has 38 heavy (non-hydrogen) atoms. The molecule has 15 heteroatoms. The molecule has 1 saturated heterocycles. The zero-order valence-electron chi connectivity index (χ0n) is 20.1. The third-order valence-corrected chi connectivity index (χ3v) is 6.02. The van der Waals surface area contributed by atoms with Crippen LogP contribution in [0.15, 0.2) is 30.7 Å². The smallest absolute Gasteiger partial charge is 0.475 e. The summed E-state index contributed by atoms with van der Waals surface area (Å²) in [4.78, 5) is 34.4. The zero-order chi connectivity index (χ0) is 27.6. The monoisotopic (exact) mass is 541 g/mol. The van der Waals surface area contributed by atoms with Crippen molar-refractivity contribution in [1.82, 2.24) is 19.7 Å². The van der Waals surface area contributed by atoms with Crippen molar-refractivity contribution in [3.05, 3.63) is 47.5 Å². The maximum absolute atomic E-state index is 13.7. The molecule has 10 nitrogen and oxygen atoms in total. The first-order valence-corrected chi connectivity index (χ1v) is 11.5. The lowest BCUT2D eigenvalue weighted by Gasteiger charge is -2.31. The number of carboxylic acid groups (broad SMARTS) is 1. The maximum atomic E-state index is 13.7. The summed E-state index contributed by atoms with van der Waals surface area (Å²) in [6.45, 7) is 5.85. The number of aromatic nitrogens is 3. The Morgan fingerprint density at radius 3 is 2.47 bits per heavy atom. The number of carbonyl (C=O) groups excluding carboxylic acids is 1. The number of nitrogens with one attached hydrogen (secondary N) is 2. The van der Waals surface area contributed by atoms with Crippen molar-refractivity contribution in [1.29, 1.82) is 0 Å². The van der Waals surface area contributed by atoms with Gasteiger partial charge in [-0.2, -0.15) is 13.2 Å². The fourth-order valence-electron chi connectivity index (χ4n) is 4.32. The van der Waals surface area contributed by atoms with Crippen LogP contribution in [-0.2, 0) is 11.2 Å². The number of hydrogen-bond donors (Lipinski definition) is 3. The van der Waals surface area contributed by atoms with E-state index in [-0.39, 0.29) is 11.3 Å². The SMILES string of the molecule is Cc1cn2cc(NC(=O)N3CCc4c(N5CCNCC5)ccnc43)c(C(F)F)cc2n1.O=C(O)C(F)(F)F. The summed E-state index contributed by atoms with van der Waals surface area (Å²) >= 11 is 0. The third kappa shape index (κ3) is 5.77. The minimum Gasteiger partial charge on any atom is -0.475 e. The van der Waals surface area contributed by atoms with Crippen LogP contribution in [0.2, 0.25) is 0 Å². The fraction of sp³-hybridized carbons (Fsp3) is 0.391. The molecule has 2 amide bonds. The van der Waals surface area contributed by atoms with Crippen molar-refractivity contribution in [2.75, 3.05) is 47.8 Å². The molecule has 0 aliphatic carbocycles. The molecule has 0 aromatic carbocycles. The minimum absolute atomic E-state index is 0.0663. The number of anilines is 3. The number of amides is 2. The summed E-state index contributed by atoms with van der Waals surface area (Å²) in [5.74, 6) is -2.17. The molecular weight excluding hydrogens is 517 g/mol. The van der Waals surface area contributed by atoms with E-state index in [1.165, 1.54) is 17.2 Å². The molecule has 0 saturated carbocycles. The Morgan fingerprint density at radius 1 is 1.16 bits per heavy atom. The van der Waals surface area contributed by atoms with E-state index in [0.29, 0.717) is 30.1 Å². The third-order valence-electron chi connectivity index (χ3n) is 6.02. The van der Waals surface area contributed by atoms with E-state index in [9.17, 15) is 26.7 Å². The van der Waals surface area contributed by atoms with E-state index in [1.807, 2.05) is 6.07 Å².